The van der Waals surface area contributed by atoms with Gasteiger partial charge in [0.15, 0.2) is 11.4 Å². The molecule has 0 spiro atoms. The quantitative estimate of drug-likeness (QED) is 0.171. The van der Waals surface area contributed by atoms with Crippen molar-refractivity contribution in [3.05, 3.63) is 147 Å². The van der Waals surface area contributed by atoms with Gasteiger partial charge in [0, 0.05) is 11.5 Å². The molecule has 0 aliphatic carbocycles. The number of carbonyl (C=O) groups is 2. The summed E-state index contributed by atoms with van der Waals surface area (Å²) in [5, 5.41) is 10.1. The van der Waals surface area contributed by atoms with Crippen LogP contribution in [0, 0.1) is 5.92 Å². The highest BCUT2D eigenvalue weighted by molar-refractivity contribution is 6.40. The minimum absolute atomic E-state index is 0.0398. The second kappa shape index (κ2) is 13.1. The molecular formula is C37H31Cl2N3O5. The van der Waals surface area contributed by atoms with Crippen molar-refractivity contribution in [3.63, 3.8) is 0 Å². The van der Waals surface area contributed by atoms with Gasteiger partial charge in [-0.05, 0) is 52.1 Å². The van der Waals surface area contributed by atoms with Crippen LogP contribution in [-0.4, -0.2) is 37.5 Å². The number of benzene rings is 4. The van der Waals surface area contributed by atoms with Gasteiger partial charge in [-0.2, -0.15) is 0 Å². The number of imidazole rings is 1. The van der Waals surface area contributed by atoms with E-state index in [1.807, 2.05) is 72.8 Å². The van der Waals surface area contributed by atoms with E-state index in [1.54, 1.807) is 35.2 Å². The van der Waals surface area contributed by atoms with Gasteiger partial charge in [-0.3, -0.25) is 14.5 Å². The molecule has 0 bridgehead atoms. The van der Waals surface area contributed by atoms with Crippen LogP contribution in [0.15, 0.2) is 103 Å². The van der Waals surface area contributed by atoms with Crippen LogP contribution in [0.4, 0.5) is 0 Å². The smallest absolute Gasteiger partial charge is 0.261 e. The van der Waals surface area contributed by atoms with E-state index in [4.69, 9.17) is 32.7 Å². The summed E-state index contributed by atoms with van der Waals surface area (Å²) in [5.74, 6) is -0.633. The Bertz CT molecular complexity index is 1920. The first-order valence-electron chi connectivity index (χ1n) is 15.3. The lowest BCUT2D eigenvalue weighted by atomic mass is 9.90. The molecule has 4 atom stereocenters. The van der Waals surface area contributed by atoms with Gasteiger partial charge < -0.3 is 19.1 Å². The maximum Gasteiger partial charge on any atom is 0.261 e. The molecular weight excluding hydrogens is 637 g/mol. The first-order chi connectivity index (χ1) is 22.8. The van der Waals surface area contributed by atoms with Crippen molar-refractivity contribution in [1.29, 1.82) is 0 Å². The SMILES string of the molecule is C[C@H]1[C@@H](Cn2cnc(Cl)c2Cl)O[C@@H](c2cccc(-c3cccc(CN4C(=O)c5ccccc5C4=O)c3)c2)O[C@H]1c1ccc(CO)cc1. The highest BCUT2D eigenvalue weighted by Crippen LogP contribution is 2.43. The highest BCUT2D eigenvalue weighted by Gasteiger charge is 2.39. The fourth-order valence-electron chi connectivity index (χ4n) is 6.27. The van der Waals surface area contributed by atoms with Crippen LogP contribution in [0.2, 0.25) is 10.3 Å². The number of fused-ring (bicyclic) bond motifs is 1. The lowest BCUT2D eigenvalue weighted by Crippen LogP contribution is -2.39. The third kappa shape index (κ3) is 6.11. The summed E-state index contributed by atoms with van der Waals surface area (Å²) in [4.78, 5) is 31.4. The first kappa shape index (κ1) is 31.3. The van der Waals surface area contributed by atoms with Crippen LogP contribution >= 0.6 is 23.2 Å². The number of imide groups is 1. The molecule has 1 aromatic heterocycles. The average Bonchev–Trinajstić information content (AvgIpc) is 3.55. The van der Waals surface area contributed by atoms with Gasteiger partial charge in [0.1, 0.15) is 5.15 Å². The number of carbonyl (C=O) groups excluding carboxylic acids is 2. The van der Waals surface area contributed by atoms with Crippen molar-refractivity contribution < 1.29 is 24.2 Å². The largest absolute Gasteiger partial charge is 0.392 e. The highest BCUT2D eigenvalue weighted by atomic mass is 35.5. The maximum absolute atomic E-state index is 13.0. The second-order valence-corrected chi connectivity index (χ2v) is 12.6. The summed E-state index contributed by atoms with van der Waals surface area (Å²) in [6.07, 6.45) is 0.297. The Morgan fingerprint density at radius 3 is 2.13 bits per heavy atom. The third-order valence-corrected chi connectivity index (χ3v) is 9.64. The molecule has 2 aliphatic heterocycles. The normalized spacial score (nSPS) is 20.9. The summed E-state index contributed by atoms with van der Waals surface area (Å²) >= 11 is 12.6. The van der Waals surface area contributed by atoms with Crippen molar-refractivity contribution in [1.82, 2.24) is 14.5 Å². The molecule has 2 aliphatic rings. The molecule has 10 heteroatoms. The monoisotopic (exact) mass is 667 g/mol. The molecule has 47 heavy (non-hydrogen) atoms. The molecule has 238 valence electrons. The number of hydrogen-bond donors (Lipinski definition) is 1. The molecule has 3 heterocycles. The minimum atomic E-state index is -0.696. The second-order valence-electron chi connectivity index (χ2n) is 11.9. The zero-order chi connectivity index (χ0) is 32.7. The van der Waals surface area contributed by atoms with Crippen LogP contribution in [0.5, 0.6) is 0 Å². The molecule has 2 amide bonds. The molecule has 1 N–H and O–H groups in total. The lowest BCUT2D eigenvalue weighted by molar-refractivity contribution is -0.276. The zero-order valence-electron chi connectivity index (χ0n) is 25.4. The fraction of sp³-hybridized carbons (Fsp3) is 0.216. The molecule has 7 rings (SSSR count). The molecule has 0 radical (unpaired) electrons. The molecule has 5 aromatic rings. The van der Waals surface area contributed by atoms with Crippen molar-refractivity contribution in [2.24, 2.45) is 5.92 Å². The van der Waals surface area contributed by atoms with E-state index in [0.29, 0.717) is 22.8 Å². The van der Waals surface area contributed by atoms with Crippen LogP contribution in [0.1, 0.15) is 62.3 Å². The van der Waals surface area contributed by atoms with Crippen LogP contribution in [0.25, 0.3) is 11.1 Å². The van der Waals surface area contributed by atoms with E-state index in [1.165, 1.54) is 4.90 Å². The predicted molar refractivity (Wildman–Crippen MR) is 178 cm³/mol. The van der Waals surface area contributed by atoms with Crippen LogP contribution < -0.4 is 0 Å². The summed E-state index contributed by atoms with van der Waals surface area (Å²) in [7, 11) is 0. The molecule has 1 fully saturated rings. The number of aromatic nitrogens is 2. The van der Waals surface area contributed by atoms with Gasteiger partial charge in [0.2, 0.25) is 0 Å². The van der Waals surface area contributed by atoms with Crippen molar-refractivity contribution >= 4 is 35.0 Å². The van der Waals surface area contributed by atoms with Gasteiger partial charge in [-0.15, -0.1) is 0 Å². The average molecular weight is 669 g/mol. The van der Waals surface area contributed by atoms with E-state index in [2.05, 4.69) is 11.9 Å². The molecule has 0 unspecified atom stereocenters. The minimum Gasteiger partial charge on any atom is -0.392 e. The van der Waals surface area contributed by atoms with Crippen molar-refractivity contribution in [2.75, 3.05) is 0 Å². The number of halogens is 2. The van der Waals surface area contributed by atoms with Crippen LogP contribution in [0.3, 0.4) is 0 Å². The van der Waals surface area contributed by atoms with Gasteiger partial charge in [0.25, 0.3) is 11.8 Å². The zero-order valence-corrected chi connectivity index (χ0v) is 26.9. The number of amides is 2. The standard InChI is InChI=1S/C37H31Cl2N3O5/c1-22-31(19-41-21-40-33(38)34(41)39)46-37(47-32(22)25-14-12-23(20-43)13-15-25)28-9-5-8-27(17-28)26-7-4-6-24(16-26)18-42-35(44)29-10-2-3-11-30(29)36(42)45/h2-17,21-22,31-32,37,43H,18-20H2,1H3/t22-,31+,32+,37+/m0/s1. The third-order valence-electron chi connectivity index (χ3n) is 8.87. The number of hydrogen-bond acceptors (Lipinski definition) is 6. The van der Waals surface area contributed by atoms with E-state index in [9.17, 15) is 14.7 Å². The summed E-state index contributed by atoms with van der Waals surface area (Å²) in [6, 6.07) is 30.4. The molecule has 8 nitrogen and oxygen atoms in total. The van der Waals surface area contributed by atoms with E-state index in [-0.39, 0.29) is 48.2 Å². The lowest BCUT2D eigenvalue weighted by Gasteiger charge is -2.41. The Morgan fingerprint density at radius 1 is 0.787 bits per heavy atom. The Balaban J connectivity index is 1.16. The first-order valence-corrected chi connectivity index (χ1v) is 16.1. The van der Waals surface area contributed by atoms with E-state index in [0.717, 1.165) is 33.4 Å². The van der Waals surface area contributed by atoms with E-state index >= 15 is 0 Å². The van der Waals surface area contributed by atoms with Gasteiger partial charge in [-0.1, -0.05) is 103 Å². The Kier molecular flexibility index (Phi) is 8.70. The Hall–Kier alpha value is -4.31. The maximum atomic E-state index is 13.0. The van der Waals surface area contributed by atoms with Crippen molar-refractivity contribution in [3.8, 4) is 11.1 Å². The topological polar surface area (TPSA) is 93.9 Å². The number of ether oxygens (including phenoxy) is 2. The summed E-state index contributed by atoms with van der Waals surface area (Å²) in [5.41, 5.74) is 6.18. The Labute approximate surface area is 282 Å². The van der Waals surface area contributed by atoms with Gasteiger partial charge in [0.05, 0.1) is 49.4 Å². The fourth-order valence-corrected chi connectivity index (χ4v) is 6.59. The number of rotatable bonds is 8. The molecule has 1 saturated heterocycles. The van der Waals surface area contributed by atoms with Crippen LogP contribution in [-0.2, 0) is 29.2 Å². The van der Waals surface area contributed by atoms with Gasteiger partial charge >= 0.3 is 0 Å². The molecule has 4 aromatic carbocycles. The summed E-state index contributed by atoms with van der Waals surface area (Å²) in [6.45, 7) is 2.63. The molecule has 0 saturated carbocycles. The van der Waals surface area contributed by atoms with E-state index < -0.39 is 6.29 Å². The van der Waals surface area contributed by atoms with Crippen molar-refractivity contribution in [2.45, 2.75) is 45.1 Å². The summed E-state index contributed by atoms with van der Waals surface area (Å²) < 4.78 is 15.0. The number of aliphatic hydroxyl groups excluding tert-OH is 1. The number of nitrogens with zero attached hydrogens (tertiary/aromatic N) is 3. The van der Waals surface area contributed by atoms with Gasteiger partial charge in [-0.25, -0.2) is 4.98 Å². The number of aliphatic hydroxyl groups is 1. The predicted octanol–water partition coefficient (Wildman–Crippen LogP) is 7.64. The Morgan fingerprint density at radius 2 is 1.47 bits per heavy atom.